The molecule has 0 fully saturated rings. The maximum atomic E-state index is 12.2. The largest absolute Gasteiger partial charge is 0.382 e. The average molecular weight is 395 g/mol. The molecule has 3 N–H and O–H groups in total. The van der Waals surface area contributed by atoms with Crippen LogP contribution in [0.25, 0.3) is 21.9 Å². The summed E-state index contributed by atoms with van der Waals surface area (Å²) < 4.78 is 29.2. The zero-order valence-corrected chi connectivity index (χ0v) is 16.1. The van der Waals surface area contributed by atoms with E-state index in [1.807, 2.05) is 24.3 Å². The highest BCUT2D eigenvalue weighted by Gasteiger charge is 2.13. The van der Waals surface area contributed by atoms with Gasteiger partial charge in [-0.15, -0.1) is 0 Å². The number of aromatic nitrogens is 3. The molecule has 2 aromatic heterocycles. The summed E-state index contributed by atoms with van der Waals surface area (Å²) in [6, 6.07) is 16.2. The topological polar surface area (TPSA) is 103 Å². The highest BCUT2D eigenvalue weighted by molar-refractivity contribution is 7.89. The molecule has 144 valence electrons. The third kappa shape index (κ3) is 3.56. The zero-order valence-electron chi connectivity index (χ0n) is 15.2. The number of hydrogen-bond donors (Lipinski definition) is 2. The van der Waals surface area contributed by atoms with Crippen molar-refractivity contribution in [2.75, 3.05) is 12.3 Å². The number of para-hydroxylation sites is 1. The van der Waals surface area contributed by atoms with Crippen molar-refractivity contribution >= 4 is 37.8 Å². The van der Waals surface area contributed by atoms with Gasteiger partial charge in [0.2, 0.25) is 10.0 Å². The lowest BCUT2D eigenvalue weighted by Crippen LogP contribution is -2.24. The lowest BCUT2D eigenvalue weighted by atomic mass is 10.2. The summed E-state index contributed by atoms with van der Waals surface area (Å²) in [6.07, 6.45) is 3.28. The number of nitrogen functional groups attached to an aromatic ring is 1. The standard InChI is InChI=1S/C20H21N5O2S/c21-20-18-19(16-10-4-5-11-17(16)24-20)25(14-22-18)13-7-6-12-23-28(26,27)15-8-2-1-3-9-15/h1-5,8-11,14,23H,6-7,12-13H2,(H2,21,24). The Morgan fingerprint density at radius 1 is 1.00 bits per heavy atom. The summed E-state index contributed by atoms with van der Waals surface area (Å²) in [5.74, 6) is 0.420. The minimum absolute atomic E-state index is 0.282. The molecule has 8 heteroatoms. The zero-order chi connectivity index (χ0) is 19.6. The molecule has 0 aliphatic heterocycles. The summed E-state index contributed by atoms with van der Waals surface area (Å²) in [5, 5.41) is 1.01. The van der Waals surface area contributed by atoms with Gasteiger partial charge in [-0.05, 0) is 31.0 Å². The van der Waals surface area contributed by atoms with Crippen LogP contribution in [0.3, 0.4) is 0 Å². The monoisotopic (exact) mass is 395 g/mol. The normalized spacial score (nSPS) is 12.0. The molecule has 0 saturated heterocycles. The van der Waals surface area contributed by atoms with Crippen molar-refractivity contribution in [1.82, 2.24) is 19.3 Å². The molecule has 0 aliphatic rings. The first-order valence-electron chi connectivity index (χ1n) is 9.10. The number of pyridine rings is 1. The minimum Gasteiger partial charge on any atom is -0.382 e. The van der Waals surface area contributed by atoms with Gasteiger partial charge >= 0.3 is 0 Å². The van der Waals surface area contributed by atoms with E-state index < -0.39 is 10.0 Å². The van der Waals surface area contributed by atoms with E-state index in [0.29, 0.717) is 24.3 Å². The van der Waals surface area contributed by atoms with Crippen molar-refractivity contribution in [2.24, 2.45) is 0 Å². The van der Waals surface area contributed by atoms with Crippen LogP contribution in [0, 0.1) is 0 Å². The van der Waals surface area contributed by atoms with Crippen LogP contribution in [0.15, 0.2) is 65.8 Å². The third-order valence-electron chi connectivity index (χ3n) is 4.65. The number of aryl methyl sites for hydroxylation is 1. The molecular weight excluding hydrogens is 374 g/mol. The Labute approximate surface area is 163 Å². The first kappa shape index (κ1) is 18.4. The fraction of sp³-hybridized carbons (Fsp3) is 0.200. The van der Waals surface area contributed by atoms with Crippen LogP contribution in [-0.4, -0.2) is 29.5 Å². The number of hydrogen-bond acceptors (Lipinski definition) is 5. The van der Waals surface area contributed by atoms with E-state index in [1.165, 1.54) is 0 Å². The number of nitrogens with two attached hydrogens (primary N) is 1. The Kier molecular flexibility index (Phi) is 4.97. The van der Waals surface area contributed by atoms with E-state index in [2.05, 4.69) is 19.3 Å². The van der Waals surface area contributed by atoms with E-state index in [4.69, 9.17) is 5.73 Å². The Balaban J connectivity index is 1.43. The number of unbranched alkanes of at least 4 members (excludes halogenated alkanes) is 1. The van der Waals surface area contributed by atoms with E-state index in [-0.39, 0.29) is 4.90 Å². The highest BCUT2D eigenvalue weighted by Crippen LogP contribution is 2.27. The number of sulfonamides is 1. The van der Waals surface area contributed by atoms with Crippen LogP contribution in [0.4, 0.5) is 5.82 Å². The fourth-order valence-electron chi connectivity index (χ4n) is 3.27. The number of fused-ring (bicyclic) bond motifs is 3. The predicted octanol–water partition coefficient (Wildman–Crippen LogP) is 2.93. The van der Waals surface area contributed by atoms with Gasteiger partial charge in [0.25, 0.3) is 0 Å². The molecule has 0 spiro atoms. The molecule has 0 aliphatic carbocycles. The second kappa shape index (κ2) is 7.57. The van der Waals surface area contributed by atoms with Crippen molar-refractivity contribution in [3.05, 3.63) is 60.9 Å². The molecule has 0 radical (unpaired) electrons. The lowest BCUT2D eigenvalue weighted by Gasteiger charge is -2.09. The Hall–Kier alpha value is -2.97. The first-order chi connectivity index (χ1) is 13.6. The van der Waals surface area contributed by atoms with Crippen LogP contribution in [0.1, 0.15) is 12.8 Å². The number of imidazole rings is 1. The molecule has 4 rings (SSSR count). The number of anilines is 1. The molecular formula is C20H21N5O2S. The fourth-order valence-corrected chi connectivity index (χ4v) is 4.37. The third-order valence-corrected chi connectivity index (χ3v) is 6.13. The van der Waals surface area contributed by atoms with Crippen LogP contribution >= 0.6 is 0 Å². The molecule has 4 aromatic rings. The van der Waals surface area contributed by atoms with Gasteiger partial charge < -0.3 is 10.3 Å². The Morgan fingerprint density at radius 3 is 2.57 bits per heavy atom. The van der Waals surface area contributed by atoms with Crippen molar-refractivity contribution in [1.29, 1.82) is 0 Å². The van der Waals surface area contributed by atoms with Crippen LogP contribution < -0.4 is 10.5 Å². The minimum atomic E-state index is -3.46. The van der Waals surface area contributed by atoms with Gasteiger partial charge in [0.05, 0.1) is 22.3 Å². The van der Waals surface area contributed by atoms with E-state index in [1.54, 1.807) is 36.7 Å². The molecule has 0 saturated carbocycles. The molecule has 0 bridgehead atoms. The van der Waals surface area contributed by atoms with Crippen molar-refractivity contribution in [3.8, 4) is 0 Å². The number of benzene rings is 2. The number of nitrogens with one attached hydrogen (secondary N) is 1. The van der Waals surface area contributed by atoms with Gasteiger partial charge in [-0.25, -0.2) is 23.1 Å². The summed E-state index contributed by atoms with van der Waals surface area (Å²) in [7, 11) is -3.46. The van der Waals surface area contributed by atoms with Gasteiger partial charge in [0.1, 0.15) is 5.52 Å². The molecule has 2 aromatic carbocycles. The molecule has 28 heavy (non-hydrogen) atoms. The van der Waals surface area contributed by atoms with Crippen LogP contribution in [0.5, 0.6) is 0 Å². The van der Waals surface area contributed by atoms with E-state index in [9.17, 15) is 8.42 Å². The molecule has 2 heterocycles. The maximum absolute atomic E-state index is 12.2. The SMILES string of the molecule is Nc1nc2ccccc2c2c1ncn2CCCCNS(=O)(=O)c1ccccc1. The van der Waals surface area contributed by atoms with E-state index >= 15 is 0 Å². The molecule has 0 amide bonds. The average Bonchev–Trinajstić information content (AvgIpc) is 3.13. The Morgan fingerprint density at radius 2 is 1.75 bits per heavy atom. The van der Waals surface area contributed by atoms with Crippen LogP contribution in [0.2, 0.25) is 0 Å². The molecule has 0 unspecified atom stereocenters. The quantitative estimate of drug-likeness (QED) is 0.468. The van der Waals surface area contributed by atoms with Gasteiger partial charge in [-0.1, -0.05) is 36.4 Å². The summed E-state index contributed by atoms with van der Waals surface area (Å²) in [4.78, 5) is 9.10. The van der Waals surface area contributed by atoms with Crippen molar-refractivity contribution in [3.63, 3.8) is 0 Å². The lowest BCUT2D eigenvalue weighted by molar-refractivity contribution is 0.568. The highest BCUT2D eigenvalue weighted by atomic mass is 32.2. The second-order valence-corrected chi connectivity index (χ2v) is 8.33. The summed E-state index contributed by atoms with van der Waals surface area (Å²) in [6.45, 7) is 1.10. The molecule has 7 nitrogen and oxygen atoms in total. The first-order valence-corrected chi connectivity index (χ1v) is 10.6. The summed E-state index contributed by atoms with van der Waals surface area (Å²) in [5.41, 5.74) is 8.55. The van der Waals surface area contributed by atoms with Gasteiger partial charge in [0, 0.05) is 18.5 Å². The van der Waals surface area contributed by atoms with E-state index in [0.717, 1.165) is 29.4 Å². The van der Waals surface area contributed by atoms with Crippen molar-refractivity contribution in [2.45, 2.75) is 24.3 Å². The van der Waals surface area contributed by atoms with Crippen LogP contribution in [-0.2, 0) is 16.6 Å². The smallest absolute Gasteiger partial charge is 0.240 e. The number of rotatable bonds is 7. The Bertz CT molecular complexity index is 1220. The van der Waals surface area contributed by atoms with Crippen molar-refractivity contribution < 1.29 is 8.42 Å². The summed E-state index contributed by atoms with van der Waals surface area (Å²) >= 11 is 0. The number of nitrogens with zero attached hydrogens (tertiary/aromatic N) is 3. The van der Waals surface area contributed by atoms with Gasteiger partial charge in [-0.2, -0.15) is 0 Å². The predicted molar refractivity (Wildman–Crippen MR) is 110 cm³/mol. The van der Waals surface area contributed by atoms with Gasteiger partial charge in [0.15, 0.2) is 5.82 Å². The molecule has 0 atom stereocenters. The van der Waals surface area contributed by atoms with Gasteiger partial charge in [-0.3, -0.25) is 0 Å². The second-order valence-electron chi connectivity index (χ2n) is 6.57. The maximum Gasteiger partial charge on any atom is 0.240 e.